The minimum absolute atomic E-state index is 0.0585. The third-order valence-corrected chi connectivity index (χ3v) is 4.31. The minimum Gasteiger partial charge on any atom is -0.392 e. The molecule has 1 aliphatic heterocycles. The molecule has 1 N–H and O–H groups in total. The number of aliphatic hydroxyl groups is 1. The second kappa shape index (κ2) is 11.7. The summed E-state index contributed by atoms with van der Waals surface area (Å²) in [6.07, 6.45) is 16.2. The Bertz CT molecular complexity index is 196. The Morgan fingerprint density at radius 1 is 0.895 bits per heavy atom. The van der Waals surface area contributed by atoms with Crippen molar-refractivity contribution in [2.75, 3.05) is 19.6 Å². The molecule has 0 aliphatic carbocycles. The summed E-state index contributed by atoms with van der Waals surface area (Å²) in [5.41, 5.74) is 0. The molecule has 0 saturated carbocycles. The van der Waals surface area contributed by atoms with E-state index in [9.17, 15) is 5.11 Å². The van der Waals surface area contributed by atoms with Crippen LogP contribution in [0.25, 0.3) is 0 Å². The topological polar surface area (TPSA) is 23.5 Å². The zero-order valence-electron chi connectivity index (χ0n) is 13.1. The molecule has 0 spiro atoms. The Kier molecular flexibility index (Phi) is 10.5. The maximum Gasteiger partial charge on any atom is 0.0667 e. The second-order valence-corrected chi connectivity index (χ2v) is 6.28. The quantitative estimate of drug-likeness (QED) is 0.563. The standard InChI is InChI=1S/C17H35NO/c1-2-3-4-5-6-7-8-9-10-11-14-18-15-12-13-17(19)16-18/h17,19H,2-16H2,1H3/t17-/m0/s1. The molecule has 0 unspecified atom stereocenters. The van der Waals surface area contributed by atoms with Crippen molar-refractivity contribution in [3.05, 3.63) is 0 Å². The zero-order chi connectivity index (χ0) is 13.8. The lowest BCUT2D eigenvalue weighted by molar-refractivity contribution is 0.0698. The van der Waals surface area contributed by atoms with Crippen molar-refractivity contribution < 1.29 is 5.11 Å². The normalized spacial score (nSPS) is 20.8. The number of rotatable bonds is 11. The maximum absolute atomic E-state index is 9.60. The summed E-state index contributed by atoms with van der Waals surface area (Å²) in [5.74, 6) is 0. The number of unbranched alkanes of at least 4 members (excludes halogenated alkanes) is 9. The number of β-amino-alcohol motifs (C(OH)–C–C–N with tert-alkyl or cyclic N) is 1. The highest BCUT2D eigenvalue weighted by Crippen LogP contribution is 2.13. The Labute approximate surface area is 120 Å². The number of hydrogen-bond donors (Lipinski definition) is 1. The summed E-state index contributed by atoms with van der Waals surface area (Å²) in [7, 11) is 0. The van der Waals surface area contributed by atoms with Gasteiger partial charge in [0, 0.05) is 6.54 Å². The fourth-order valence-electron chi connectivity index (χ4n) is 3.06. The molecule has 0 radical (unpaired) electrons. The molecule has 0 aromatic rings. The largest absolute Gasteiger partial charge is 0.392 e. The number of likely N-dealkylation sites (tertiary alicyclic amines) is 1. The SMILES string of the molecule is CCCCCCCCCCCCN1CCC[C@H](O)C1. The molecule has 1 atom stereocenters. The van der Waals surface area contributed by atoms with Crippen molar-refractivity contribution in [2.24, 2.45) is 0 Å². The third-order valence-electron chi connectivity index (χ3n) is 4.31. The fraction of sp³-hybridized carbons (Fsp3) is 1.00. The molecule has 1 heterocycles. The molecule has 0 aromatic heterocycles. The smallest absolute Gasteiger partial charge is 0.0667 e. The van der Waals surface area contributed by atoms with Gasteiger partial charge in [0.1, 0.15) is 0 Å². The molecular weight excluding hydrogens is 234 g/mol. The van der Waals surface area contributed by atoms with E-state index >= 15 is 0 Å². The first-order valence-electron chi connectivity index (χ1n) is 8.73. The summed E-state index contributed by atoms with van der Waals surface area (Å²) in [5, 5.41) is 9.60. The lowest BCUT2D eigenvalue weighted by atomic mass is 10.1. The zero-order valence-corrected chi connectivity index (χ0v) is 13.1. The van der Waals surface area contributed by atoms with Crippen molar-refractivity contribution in [1.82, 2.24) is 4.90 Å². The highest BCUT2D eigenvalue weighted by atomic mass is 16.3. The maximum atomic E-state index is 9.60. The van der Waals surface area contributed by atoms with Crippen molar-refractivity contribution >= 4 is 0 Å². The van der Waals surface area contributed by atoms with Crippen LogP contribution in [0.4, 0.5) is 0 Å². The van der Waals surface area contributed by atoms with Gasteiger partial charge in [-0.25, -0.2) is 0 Å². The van der Waals surface area contributed by atoms with Crippen LogP contribution in [0.15, 0.2) is 0 Å². The molecular formula is C17H35NO. The van der Waals surface area contributed by atoms with Crippen LogP contribution in [0.1, 0.15) is 84.0 Å². The summed E-state index contributed by atoms with van der Waals surface area (Å²) in [4.78, 5) is 2.44. The predicted octanol–water partition coefficient (Wildman–Crippen LogP) is 4.36. The highest BCUT2D eigenvalue weighted by molar-refractivity contribution is 4.71. The van der Waals surface area contributed by atoms with Crippen LogP contribution in [-0.4, -0.2) is 35.7 Å². The Hall–Kier alpha value is -0.0800. The molecule has 0 amide bonds. The fourth-order valence-corrected chi connectivity index (χ4v) is 3.06. The van der Waals surface area contributed by atoms with Crippen LogP contribution in [0, 0.1) is 0 Å². The van der Waals surface area contributed by atoms with E-state index in [2.05, 4.69) is 11.8 Å². The van der Waals surface area contributed by atoms with Crippen molar-refractivity contribution in [3.63, 3.8) is 0 Å². The van der Waals surface area contributed by atoms with Gasteiger partial charge in [-0.1, -0.05) is 64.7 Å². The highest BCUT2D eigenvalue weighted by Gasteiger charge is 2.16. The predicted molar refractivity (Wildman–Crippen MR) is 83.5 cm³/mol. The number of nitrogens with zero attached hydrogens (tertiary/aromatic N) is 1. The van der Waals surface area contributed by atoms with Gasteiger partial charge in [-0.2, -0.15) is 0 Å². The summed E-state index contributed by atoms with van der Waals surface area (Å²) in [6, 6.07) is 0. The molecule has 1 fully saturated rings. The van der Waals surface area contributed by atoms with Gasteiger partial charge in [-0.15, -0.1) is 0 Å². The van der Waals surface area contributed by atoms with Crippen molar-refractivity contribution in [3.8, 4) is 0 Å². The van der Waals surface area contributed by atoms with Crippen LogP contribution in [-0.2, 0) is 0 Å². The first-order valence-corrected chi connectivity index (χ1v) is 8.73. The molecule has 0 bridgehead atoms. The molecule has 2 heteroatoms. The van der Waals surface area contributed by atoms with E-state index in [0.717, 1.165) is 13.0 Å². The molecule has 1 saturated heterocycles. The number of hydrogen-bond acceptors (Lipinski definition) is 2. The van der Waals surface area contributed by atoms with Crippen LogP contribution in [0.2, 0.25) is 0 Å². The van der Waals surface area contributed by atoms with Gasteiger partial charge >= 0.3 is 0 Å². The van der Waals surface area contributed by atoms with Crippen molar-refractivity contribution in [2.45, 2.75) is 90.1 Å². The first-order chi connectivity index (χ1) is 9.33. The monoisotopic (exact) mass is 269 g/mol. The van der Waals surface area contributed by atoms with Gasteiger partial charge < -0.3 is 10.0 Å². The van der Waals surface area contributed by atoms with Crippen molar-refractivity contribution in [1.29, 1.82) is 0 Å². The van der Waals surface area contributed by atoms with E-state index in [0.29, 0.717) is 0 Å². The number of aliphatic hydroxyl groups excluding tert-OH is 1. The average molecular weight is 269 g/mol. The first kappa shape index (κ1) is 17.0. The Morgan fingerprint density at radius 3 is 2.05 bits per heavy atom. The summed E-state index contributed by atoms with van der Waals surface area (Å²) < 4.78 is 0. The van der Waals surface area contributed by atoms with E-state index in [1.807, 2.05) is 0 Å². The van der Waals surface area contributed by atoms with E-state index in [1.165, 1.54) is 83.7 Å². The van der Waals surface area contributed by atoms with Crippen LogP contribution in [0.5, 0.6) is 0 Å². The van der Waals surface area contributed by atoms with E-state index in [-0.39, 0.29) is 6.10 Å². The van der Waals surface area contributed by atoms with Gasteiger partial charge in [0.2, 0.25) is 0 Å². The van der Waals surface area contributed by atoms with Gasteiger partial charge in [0.25, 0.3) is 0 Å². The number of piperidine rings is 1. The Balaban J connectivity index is 1.78. The minimum atomic E-state index is -0.0585. The molecule has 1 aliphatic rings. The van der Waals surface area contributed by atoms with E-state index in [4.69, 9.17) is 0 Å². The lowest BCUT2D eigenvalue weighted by Crippen LogP contribution is -2.38. The van der Waals surface area contributed by atoms with Gasteiger partial charge in [0.05, 0.1) is 6.10 Å². The average Bonchev–Trinajstić information content (AvgIpc) is 2.41. The van der Waals surface area contributed by atoms with Crippen LogP contribution in [0.3, 0.4) is 0 Å². The molecule has 19 heavy (non-hydrogen) atoms. The van der Waals surface area contributed by atoms with E-state index < -0.39 is 0 Å². The van der Waals surface area contributed by atoms with E-state index in [1.54, 1.807) is 0 Å². The molecule has 114 valence electrons. The summed E-state index contributed by atoms with van der Waals surface area (Å²) in [6.45, 7) is 5.60. The molecule has 1 rings (SSSR count). The molecule has 0 aromatic carbocycles. The Morgan fingerprint density at radius 2 is 1.47 bits per heavy atom. The third kappa shape index (κ3) is 9.45. The molecule has 2 nitrogen and oxygen atoms in total. The van der Waals surface area contributed by atoms with Crippen LogP contribution >= 0.6 is 0 Å². The lowest BCUT2D eigenvalue weighted by Gasteiger charge is -2.29. The van der Waals surface area contributed by atoms with Crippen LogP contribution < -0.4 is 0 Å². The van der Waals surface area contributed by atoms with Gasteiger partial charge in [-0.3, -0.25) is 0 Å². The summed E-state index contributed by atoms with van der Waals surface area (Å²) >= 11 is 0. The van der Waals surface area contributed by atoms with Gasteiger partial charge in [0.15, 0.2) is 0 Å². The van der Waals surface area contributed by atoms with Gasteiger partial charge in [-0.05, 0) is 32.4 Å². The second-order valence-electron chi connectivity index (χ2n) is 6.28.